The average molecular weight is 363 g/mol. The number of carbonyl (C=O) groups excluding carboxylic acids is 1. The summed E-state index contributed by atoms with van der Waals surface area (Å²) in [7, 11) is 0. The molecule has 4 aliphatic rings. The van der Waals surface area contributed by atoms with Gasteiger partial charge in [-0.15, -0.1) is 0 Å². The lowest BCUT2D eigenvalue weighted by atomic mass is 9.44. The smallest absolute Gasteiger partial charge is 0.261 e. The van der Waals surface area contributed by atoms with Gasteiger partial charge < -0.3 is 0 Å². The molecule has 8 atom stereocenters. The fraction of sp³-hybridized carbons (Fsp3) is 0.958. The molecule has 0 aromatic carbocycles. The minimum absolute atomic E-state index is 0.129. The second-order valence-electron chi connectivity index (χ2n) is 11.0. The first-order valence-electron chi connectivity index (χ1n) is 11.5. The zero-order valence-electron chi connectivity index (χ0n) is 17.2. The van der Waals surface area contributed by atoms with Crippen molar-refractivity contribution in [1.29, 1.82) is 0 Å². The van der Waals surface area contributed by atoms with Gasteiger partial charge in [0.2, 0.25) is 0 Å². The van der Waals surface area contributed by atoms with Crippen LogP contribution in [0.2, 0.25) is 0 Å². The number of hydrogen-bond acceptors (Lipinski definition) is 1. The van der Waals surface area contributed by atoms with Gasteiger partial charge in [0.15, 0.2) is 0 Å². The van der Waals surface area contributed by atoms with Crippen molar-refractivity contribution in [2.45, 2.75) is 97.8 Å². The standard InChI is InChI=1S/C24H39FO/c1-16(7-12-22(25)26)19-10-11-20-18-9-8-17-6-4-5-14-23(17,2)21(18)13-15-24(19,20)3/h16-21H,4-15H2,1-3H3/t16-,17?,18+,19-,20+,21+,23+,24-/m1/s1. The first-order valence-corrected chi connectivity index (χ1v) is 11.5. The Hall–Kier alpha value is -0.400. The molecule has 0 heterocycles. The Bertz CT molecular complexity index is 544. The van der Waals surface area contributed by atoms with Gasteiger partial charge in [-0.3, -0.25) is 4.79 Å². The molecule has 1 unspecified atom stereocenters. The zero-order valence-corrected chi connectivity index (χ0v) is 17.2. The molecule has 0 aliphatic heterocycles. The normalized spacial score (nSPS) is 49.0. The van der Waals surface area contributed by atoms with Crippen LogP contribution < -0.4 is 0 Å². The van der Waals surface area contributed by atoms with Crippen LogP contribution in [0.4, 0.5) is 4.39 Å². The van der Waals surface area contributed by atoms with Crippen LogP contribution in [0.25, 0.3) is 0 Å². The van der Waals surface area contributed by atoms with E-state index in [1.165, 1.54) is 64.2 Å². The van der Waals surface area contributed by atoms with E-state index in [1.54, 1.807) is 0 Å². The highest BCUT2D eigenvalue weighted by molar-refractivity contribution is 5.67. The fourth-order valence-electron chi connectivity index (χ4n) is 8.81. The highest BCUT2D eigenvalue weighted by atomic mass is 19.1. The van der Waals surface area contributed by atoms with Gasteiger partial charge in [-0.05, 0) is 104 Å². The van der Waals surface area contributed by atoms with Crippen molar-refractivity contribution in [3.05, 3.63) is 0 Å². The highest BCUT2D eigenvalue weighted by Gasteiger charge is 2.60. The second-order valence-corrected chi connectivity index (χ2v) is 11.0. The van der Waals surface area contributed by atoms with Gasteiger partial charge in [-0.1, -0.05) is 33.6 Å². The van der Waals surface area contributed by atoms with E-state index in [1.807, 2.05) is 0 Å². The van der Waals surface area contributed by atoms with Gasteiger partial charge in [-0.25, -0.2) is 0 Å². The molecular formula is C24H39FO. The summed E-state index contributed by atoms with van der Waals surface area (Å²) < 4.78 is 12.8. The molecule has 4 saturated carbocycles. The van der Waals surface area contributed by atoms with E-state index < -0.39 is 6.04 Å². The lowest BCUT2D eigenvalue weighted by Gasteiger charge is -2.61. The molecule has 0 radical (unpaired) electrons. The van der Waals surface area contributed by atoms with Crippen molar-refractivity contribution in [2.24, 2.45) is 46.3 Å². The van der Waals surface area contributed by atoms with Crippen LogP contribution in [0.1, 0.15) is 97.8 Å². The number of carbonyl (C=O) groups is 1. The van der Waals surface area contributed by atoms with Gasteiger partial charge >= 0.3 is 6.04 Å². The lowest BCUT2D eigenvalue weighted by molar-refractivity contribution is -0.130. The summed E-state index contributed by atoms with van der Waals surface area (Å²) in [5.74, 6) is 4.96. The first kappa shape index (κ1) is 18.9. The SMILES string of the molecule is C[C@H](CCC(=O)F)[C@H]1CC[C@H]2[C@@H]3CCC4CCCC[C@]4(C)[C@H]3CC[C@]12C. The third kappa shape index (κ3) is 2.89. The Morgan fingerprint density at radius 1 is 0.962 bits per heavy atom. The van der Waals surface area contributed by atoms with Crippen LogP contribution in [0, 0.1) is 46.3 Å². The maximum atomic E-state index is 12.8. The van der Waals surface area contributed by atoms with Crippen LogP contribution in [0.5, 0.6) is 0 Å². The number of hydrogen-bond donors (Lipinski definition) is 0. The number of fused-ring (bicyclic) bond motifs is 5. The second kappa shape index (κ2) is 6.89. The largest absolute Gasteiger partial charge is 0.301 e. The van der Waals surface area contributed by atoms with E-state index in [4.69, 9.17) is 0 Å². The molecule has 26 heavy (non-hydrogen) atoms. The molecule has 4 aliphatic carbocycles. The predicted molar refractivity (Wildman–Crippen MR) is 104 cm³/mol. The summed E-state index contributed by atoms with van der Waals surface area (Å²) in [5.41, 5.74) is 1.06. The zero-order chi connectivity index (χ0) is 18.5. The lowest BCUT2D eigenvalue weighted by Crippen LogP contribution is -2.53. The van der Waals surface area contributed by atoms with Gasteiger partial charge in [0.1, 0.15) is 0 Å². The van der Waals surface area contributed by atoms with Crippen molar-refractivity contribution in [3.8, 4) is 0 Å². The van der Waals surface area contributed by atoms with Crippen molar-refractivity contribution in [3.63, 3.8) is 0 Å². The van der Waals surface area contributed by atoms with Gasteiger partial charge in [0.25, 0.3) is 0 Å². The Balaban J connectivity index is 1.52. The predicted octanol–water partition coefficient (Wildman–Crippen LogP) is 6.95. The third-order valence-corrected chi connectivity index (χ3v) is 10.1. The highest BCUT2D eigenvalue weighted by Crippen LogP contribution is 2.68. The maximum Gasteiger partial charge on any atom is 0.301 e. The summed E-state index contributed by atoms with van der Waals surface area (Å²) in [6.45, 7) is 7.50. The van der Waals surface area contributed by atoms with Gasteiger partial charge in [-0.2, -0.15) is 4.39 Å². The maximum absolute atomic E-state index is 12.8. The van der Waals surface area contributed by atoms with Crippen LogP contribution in [-0.4, -0.2) is 6.04 Å². The Labute approximate surface area is 159 Å². The molecule has 0 amide bonds. The monoisotopic (exact) mass is 362 g/mol. The van der Waals surface area contributed by atoms with Crippen LogP contribution in [0.15, 0.2) is 0 Å². The Morgan fingerprint density at radius 3 is 2.50 bits per heavy atom. The molecule has 0 bridgehead atoms. The van der Waals surface area contributed by atoms with E-state index in [9.17, 15) is 9.18 Å². The Kier molecular flexibility index (Phi) is 5.02. The molecule has 1 nitrogen and oxygen atoms in total. The minimum Gasteiger partial charge on any atom is -0.261 e. The van der Waals surface area contributed by atoms with Crippen LogP contribution in [0.3, 0.4) is 0 Å². The number of halogens is 1. The first-order chi connectivity index (χ1) is 12.4. The molecule has 148 valence electrons. The van der Waals surface area contributed by atoms with Crippen molar-refractivity contribution >= 4 is 6.04 Å². The van der Waals surface area contributed by atoms with E-state index in [2.05, 4.69) is 20.8 Å². The molecule has 2 heteroatoms. The minimum atomic E-state index is -1.12. The van der Waals surface area contributed by atoms with Gasteiger partial charge in [0.05, 0.1) is 0 Å². The van der Waals surface area contributed by atoms with E-state index in [0.29, 0.717) is 22.7 Å². The summed E-state index contributed by atoms with van der Waals surface area (Å²) in [5, 5.41) is 0. The summed E-state index contributed by atoms with van der Waals surface area (Å²) in [4.78, 5) is 10.8. The fourth-order valence-corrected chi connectivity index (χ4v) is 8.81. The van der Waals surface area contributed by atoms with Gasteiger partial charge in [0, 0.05) is 6.42 Å². The summed E-state index contributed by atoms with van der Waals surface area (Å²) in [6.07, 6.45) is 15.2. The summed E-state index contributed by atoms with van der Waals surface area (Å²) >= 11 is 0. The molecule has 0 aromatic heterocycles. The number of rotatable bonds is 4. The van der Waals surface area contributed by atoms with E-state index in [0.717, 1.165) is 30.1 Å². The van der Waals surface area contributed by atoms with Crippen molar-refractivity contribution in [1.82, 2.24) is 0 Å². The van der Waals surface area contributed by atoms with Crippen molar-refractivity contribution in [2.75, 3.05) is 0 Å². The molecule has 4 rings (SSSR count). The van der Waals surface area contributed by atoms with E-state index >= 15 is 0 Å². The van der Waals surface area contributed by atoms with E-state index in [-0.39, 0.29) is 6.42 Å². The molecule has 0 spiro atoms. The summed E-state index contributed by atoms with van der Waals surface area (Å²) in [6, 6.07) is -1.12. The van der Waals surface area contributed by atoms with Crippen LogP contribution >= 0.6 is 0 Å². The van der Waals surface area contributed by atoms with Crippen LogP contribution in [-0.2, 0) is 4.79 Å². The molecular weight excluding hydrogens is 323 g/mol. The average Bonchev–Trinajstić information content (AvgIpc) is 2.96. The molecule has 0 saturated heterocycles. The molecule has 0 N–H and O–H groups in total. The quantitative estimate of drug-likeness (QED) is 0.495. The Morgan fingerprint density at radius 2 is 1.73 bits per heavy atom. The molecule has 0 aromatic rings. The molecule has 4 fully saturated rings. The third-order valence-electron chi connectivity index (χ3n) is 10.1. The topological polar surface area (TPSA) is 17.1 Å². The van der Waals surface area contributed by atoms with Crippen molar-refractivity contribution < 1.29 is 9.18 Å².